The Morgan fingerprint density at radius 1 is 1.32 bits per heavy atom. The first-order valence-corrected chi connectivity index (χ1v) is 7.48. The Bertz CT molecular complexity index is 575. The van der Waals surface area contributed by atoms with E-state index < -0.39 is 0 Å². The van der Waals surface area contributed by atoms with Gasteiger partial charge in [-0.2, -0.15) is 0 Å². The van der Waals surface area contributed by atoms with Crippen LogP contribution in [0, 0.1) is 0 Å². The summed E-state index contributed by atoms with van der Waals surface area (Å²) < 4.78 is 0. The first-order chi connectivity index (χ1) is 9.25. The quantitative estimate of drug-likeness (QED) is 0.854. The fourth-order valence-corrected chi connectivity index (χ4v) is 3.75. The summed E-state index contributed by atoms with van der Waals surface area (Å²) in [5, 5.41) is 2.16. The lowest BCUT2D eigenvalue weighted by atomic mass is 9.93. The van der Waals surface area contributed by atoms with Crippen LogP contribution < -0.4 is 0 Å². The van der Waals surface area contributed by atoms with Crippen LogP contribution >= 0.6 is 11.3 Å². The number of fused-ring (bicyclic) bond motifs is 1. The minimum absolute atomic E-state index is 0.236. The molecule has 2 heterocycles. The highest BCUT2D eigenvalue weighted by Gasteiger charge is 2.29. The molecule has 98 valence electrons. The van der Waals surface area contributed by atoms with E-state index in [1.165, 1.54) is 16.0 Å². The fraction of sp³-hybridized carbons (Fsp3) is 0.312. The molecule has 0 amide bonds. The van der Waals surface area contributed by atoms with Crippen LogP contribution in [-0.4, -0.2) is 23.8 Å². The van der Waals surface area contributed by atoms with E-state index in [0.717, 1.165) is 13.0 Å². The summed E-state index contributed by atoms with van der Waals surface area (Å²) in [5.41, 5.74) is 2.66. The molecule has 2 aromatic rings. The van der Waals surface area contributed by atoms with Crippen molar-refractivity contribution in [3.63, 3.8) is 0 Å². The van der Waals surface area contributed by atoms with Crippen LogP contribution in [0.25, 0.3) is 0 Å². The zero-order chi connectivity index (χ0) is 13.2. The molecule has 0 fully saturated rings. The number of nitrogens with zero attached hydrogens (tertiary/aromatic N) is 1. The van der Waals surface area contributed by atoms with Crippen molar-refractivity contribution in [2.45, 2.75) is 19.4 Å². The molecule has 3 heteroatoms. The standard InChI is InChI=1S/C16H17NOS/c1-12(18)11-17-9-7-15-14(8-10-19-15)16(17)13-5-3-2-4-6-13/h2-6,8,10,16H,7,9,11H2,1H3. The molecule has 19 heavy (non-hydrogen) atoms. The maximum Gasteiger partial charge on any atom is 0.143 e. The molecule has 3 rings (SSSR count). The molecule has 1 atom stereocenters. The molecule has 1 unspecified atom stereocenters. The van der Waals surface area contributed by atoms with Gasteiger partial charge in [-0.05, 0) is 35.9 Å². The summed E-state index contributed by atoms with van der Waals surface area (Å²) in [6.45, 7) is 3.17. The lowest BCUT2D eigenvalue weighted by Gasteiger charge is -2.35. The second-order valence-electron chi connectivity index (χ2n) is 5.03. The van der Waals surface area contributed by atoms with Gasteiger partial charge in [0, 0.05) is 11.4 Å². The van der Waals surface area contributed by atoms with E-state index >= 15 is 0 Å². The average molecular weight is 271 g/mol. The van der Waals surface area contributed by atoms with Gasteiger partial charge in [-0.15, -0.1) is 11.3 Å². The highest BCUT2D eigenvalue weighted by Crippen LogP contribution is 2.37. The molecular formula is C16H17NOS. The summed E-state index contributed by atoms with van der Waals surface area (Å²) in [7, 11) is 0. The predicted molar refractivity (Wildman–Crippen MR) is 78.6 cm³/mol. The zero-order valence-corrected chi connectivity index (χ0v) is 11.8. The van der Waals surface area contributed by atoms with E-state index in [4.69, 9.17) is 0 Å². The third-order valence-corrected chi connectivity index (χ3v) is 4.60. The number of rotatable bonds is 3. The lowest BCUT2D eigenvalue weighted by Crippen LogP contribution is -2.38. The van der Waals surface area contributed by atoms with E-state index in [0.29, 0.717) is 6.54 Å². The number of thiophene rings is 1. The number of carbonyl (C=O) groups is 1. The van der Waals surface area contributed by atoms with E-state index in [-0.39, 0.29) is 11.8 Å². The third-order valence-electron chi connectivity index (χ3n) is 3.61. The molecule has 1 aromatic carbocycles. The normalized spacial score (nSPS) is 19.1. The zero-order valence-electron chi connectivity index (χ0n) is 11.0. The van der Waals surface area contributed by atoms with Crippen molar-refractivity contribution in [2.24, 2.45) is 0 Å². The molecule has 0 radical (unpaired) electrons. The Hall–Kier alpha value is -1.45. The van der Waals surface area contributed by atoms with Crippen LogP contribution in [0.4, 0.5) is 0 Å². The van der Waals surface area contributed by atoms with Crippen molar-refractivity contribution >= 4 is 17.1 Å². The average Bonchev–Trinajstić information content (AvgIpc) is 2.87. The summed E-state index contributed by atoms with van der Waals surface area (Å²) in [6, 6.07) is 12.9. The largest absolute Gasteiger partial charge is 0.299 e. The Labute approximate surface area is 117 Å². The van der Waals surface area contributed by atoms with Crippen LogP contribution in [0.15, 0.2) is 41.8 Å². The first kappa shape index (κ1) is 12.6. The SMILES string of the molecule is CC(=O)CN1CCc2sccc2C1c1ccccc1. The van der Waals surface area contributed by atoms with Gasteiger partial charge in [0.1, 0.15) is 5.78 Å². The summed E-state index contributed by atoms with van der Waals surface area (Å²) in [4.78, 5) is 15.3. The predicted octanol–water partition coefficient (Wildman–Crippen LogP) is 3.28. The van der Waals surface area contributed by atoms with Gasteiger partial charge in [0.25, 0.3) is 0 Å². The Morgan fingerprint density at radius 3 is 2.84 bits per heavy atom. The highest BCUT2D eigenvalue weighted by atomic mass is 32.1. The Kier molecular flexibility index (Phi) is 3.49. The molecule has 0 aliphatic carbocycles. The Balaban J connectivity index is 2.02. The van der Waals surface area contributed by atoms with Gasteiger partial charge >= 0.3 is 0 Å². The maximum absolute atomic E-state index is 11.5. The van der Waals surface area contributed by atoms with E-state index in [1.807, 2.05) is 17.4 Å². The molecular weight excluding hydrogens is 254 g/mol. The van der Waals surface area contributed by atoms with Crippen molar-refractivity contribution in [1.29, 1.82) is 0 Å². The maximum atomic E-state index is 11.5. The van der Waals surface area contributed by atoms with Gasteiger partial charge in [0.15, 0.2) is 0 Å². The first-order valence-electron chi connectivity index (χ1n) is 6.60. The molecule has 0 spiro atoms. The van der Waals surface area contributed by atoms with Crippen molar-refractivity contribution in [3.8, 4) is 0 Å². The van der Waals surface area contributed by atoms with Gasteiger partial charge in [-0.1, -0.05) is 30.3 Å². The molecule has 0 saturated heterocycles. The van der Waals surface area contributed by atoms with Crippen LogP contribution in [0.5, 0.6) is 0 Å². The van der Waals surface area contributed by atoms with Crippen LogP contribution in [0.2, 0.25) is 0 Å². The number of carbonyl (C=O) groups excluding carboxylic acids is 1. The third kappa shape index (κ3) is 2.48. The molecule has 0 saturated carbocycles. The molecule has 0 N–H and O–H groups in total. The topological polar surface area (TPSA) is 20.3 Å². The summed E-state index contributed by atoms with van der Waals surface area (Å²) in [6.07, 6.45) is 1.06. The van der Waals surface area contributed by atoms with Crippen molar-refractivity contribution in [1.82, 2.24) is 4.90 Å². The van der Waals surface area contributed by atoms with Crippen LogP contribution in [-0.2, 0) is 11.2 Å². The molecule has 2 nitrogen and oxygen atoms in total. The monoisotopic (exact) mass is 271 g/mol. The lowest BCUT2D eigenvalue weighted by molar-refractivity contribution is -0.118. The van der Waals surface area contributed by atoms with Gasteiger partial charge in [-0.25, -0.2) is 0 Å². The van der Waals surface area contributed by atoms with Crippen LogP contribution in [0.1, 0.15) is 29.0 Å². The number of ketones is 1. The van der Waals surface area contributed by atoms with Gasteiger partial charge in [-0.3, -0.25) is 9.69 Å². The van der Waals surface area contributed by atoms with Crippen molar-refractivity contribution in [3.05, 3.63) is 57.8 Å². The summed E-state index contributed by atoms with van der Waals surface area (Å²) >= 11 is 1.83. The summed E-state index contributed by atoms with van der Waals surface area (Å²) in [5.74, 6) is 0.236. The van der Waals surface area contributed by atoms with Gasteiger partial charge < -0.3 is 0 Å². The number of benzene rings is 1. The van der Waals surface area contributed by atoms with E-state index in [9.17, 15) is 4.79 Å². The van der Waals surface area contributed by atoms with Crippen molar-refractivity contribution in [2.75, 3.05) is 13.1 Å². The minimum Gasteiger partial charge on any atom is -0.299 e. The van der Waals surface area contributed by atoms with E-state index in [2.05, 4.69) is 40.6 Å². The molecule has 1 aliphatic heterocycles. The van der Waals surface area contributed by atoms with Gasteiger partial charge in [0.2, 0.25) is 0 Å². The number of hydrogen-bond acceptors (Lipinski definition) is 3. The fourth-order valence-electron chi connectivity index (χ4n) is 2.85. The number of Topliss-reactive ketones (excluding diaryl/α,β-unsaturated/α-hetero) is 1. The highest BCUT2D eigenvalue weighted by molar-refractivity contribution is 7.10. The second-order valence-corrected chi connectivity index (χ2v) is 6.04. The number of hydrogen-bond donors (Lipinski definition) is 0. The van der Waals surface area contributed by atoms with E-state index in [1.54, 1.807) is 6.92 Å². The molecule has 1 aliphatic rings. The molecule has 1 aromatic heterocycles. The van der Waals surface area contributed by atoms with Crippen LogP contribution in [0.3, 0.4) is 0 Å². The smallest absolute Gasteiger partial charge is 0.143 e. The van der Waals surface area contributed by atoms with Crippen molar-refractivity contribution < 1.29 is 4.79 Å². The van der Waals surface area contributed by atoms with Gasteiger partial charge in [0.05, 0.1) is 12.6 Å². The Morgan fingerprint density at radius 2 is 2.11 bits per heavy atom. The second kappa shape index (κ2) is 5.27. The molecule has 0 bridgehead atoms. The minimum atomic E-state index is 0.236.